The van der Waals surface area contributed by atoms with Gasteiger partial charge >= 0.3 is 12.1 Å². The van der Waals surface area contributed by atoms with E-state index in [0.717, 1.165) is 22.3 Å². The van der Waals surface area contributed by atoms with E-state index >= 15 is 0 Å². The molecule has 3 N–H and O–H groups in total. The lowest BCUT2D eigenvalue weighted by Gasteiger charge is -2.36. The number of ether oxygens (including phenoxy) is 1. The monoisotopic (exact) mass is 474 g/mol. The molecule has 1 aliphatic carbocycles. The van der Waals surface area contributed by atoms with Gasteiger partial charge in [0.05, 0.1) is 5.41 Å². The number of aromatic amines is 1. The quantitative estimate of drug-likeness (QED) is 0.511. The summed E-state index contributed by atoms with van der Waals surface area (Å²) >= 11 is 0. The summed E-state index contributed by atoms with van der Waals surface area (Å²) in [6.45, 7) is 2.56. The number of nitrogens with zero attached hydrogens (tertiary/aromatic N) is 2. The van der Waals surface area contributed by atoms with Gasteiger partial charge in [0.2, 0.25) is 0 Å². The fourth-order valence-corrected chi connectivity index (χ4v) is 4.82. The lowest BCUT2D eigenvalue weighted by molar-refractivity contribution is -0.150. The fraction of sp³-hybridized carbons (Fsp3) is 0.308. The molecule has 2 aromatic carbocycles. The average molecular weight is 475 g/mol. The van der Waals surface area contributed by atoms with Crippen LogP contribution in [0.3, 0.4) is 0 Å². The van der Waals surface area contributed by atoms with E-state index in [0.29, 0.717) is 25.9 Å². The Morgan fingerprint density at radius 1 is 1.09 bits per heavy atom. The van der Waals surface area contributed by atoms with Crippen LogP contribution in [0.4, 0.5) is 10.6 Å². The largest absolute Gasteiger partial charge is 0.481 e. The minimum atomic E-state index is -0.847. The summed E-state index contributed by atoms with van der Waals surface area (Å²) in [5, 5.41) is 18.6. The first-order valence-electron chi connectivity index (χ1n) is 11.6. The average Bonchev–Trinajstić information content (AvgIpc) is 3.45. The molecule has 1 aromatic heterocycles. The zero-order valence-electron chi connectivity index (χ0n) is 19.3. The lowest BCUT2D eigenvalue weighted by atomic mass is 9.80. The van der Waals surface area contributed by atoms with Crippen LogP contribution in [0.25, 0.3) is 11.1 Å². The van der Waals surface area contributed by atoms with Crippen molar-refractivity contribution >= 4 is 23.8 Å². The van der Waals surface area contributed by atoms with Gasteiger partial charge in [-0.3, -0.25) is 20.0 Å². The number of anilines is 1. The van der Waals surface area contributed by atoms with Crippen LogP contribution in [-0.4, -0.2) is 57.9 Å². The predicted octanol–water partition coefficient (Wildman–Crippen LogP) is 4.10. The van der Waals surface area contributed by atoms with Gasteiger partial charge in [-0.15, -0.1) is 0 Å². The highest BCUT2D eigenvalue weighted by atomic mass is 16.5. The van der Waals surface area contributed by atoms with Crippen molar-refractivity contribution in [3.8, 4) is 11.1 Å². The summed E-state index contributed by atoms with van der Waals surface area (Å²) in [6.07, 6.45) is 0.104. The minimum absolute atomic E-state index is 0.0555. The number of carbonyl (C=O) groups excluding carboxylic acids is 2. The molecule has 0 spiro atoms. The predicted molar refractivity (Wildman–Crippen MR) is 128 cm³/mol. The van der Waals surface area contributed by atoms with Gasteiger partial charge in [0, 0.05) is 25.1 Å². The van der Waals surface area contributed by atoms with Crippen molar-refractivity contribution in [1.82, 2.24) is 15.1 Å². The standard InChI is InChI=1S/C26H26N4O5/c1-26(24(32)33)10-12-30(13-11-26)23(31)21-14-22(29-28-21)27-25(34)35-15-20-18-8-4-2-6-16(18)17-7-3-5-9-19(17)20/h2-9,14,20H,10-13,15H2,1H3,(H,32,33)(H2,27,28,29,34). The number of carboxylic acid groups (broad SMARTS) is 1. The Labute approximate surface area is 202 Å². The number of nitrogens with one attached hydrogen (secondary N) is 2. The van der Waals surface area contributed by atoms with E-state index in [9.17, 15) is 19.5 Å². The number of fused-ring (bicyclic) bond motifs is 3. The molecule has 0 radical (unpaired) electrons. The van der Waals surface area contributed by atoms with E-state index in [1.165, 1.54) is 6.07 Å². The number of piperidine rings is 1. The third kappa shape index (κ3) is 4.25. The van der Waals surface area contributed by atoms with Crippen molar-refractivity contribution in [2.24, 2.45) is 5.41 Å². The number of aromatic nitrogens is 2. The van der Waals surface area contributed by atoms with E-state index in [-0.39, 0.29) is 29.9 Å². The van der Waals surface area contributed by atoms with Crippen molar-refractivity contribution in [2.45, 2.75) is 25.7 Å². The summed E-state index contributed by atoms with van der Waals surface area (Å²) in [5.41, 5.74) is 3.94. The van der Waals surface area contributed by atoms with Crippen LogP contribution in [-0.2, 0) is 9.53 Å². The highest BCUT2D eigenvalue weighted by Crippen LogP contribution is 2.44. The van der Waals surface area contributed by atoms with E-state index in [2.05, 4.69) is 27.6 Å². The van der Waals surface area contributed by atoms with Gasteiger partial charge in [0.1, 0.15) is 12.3 Å². The second kappa shape index (κ2) is 8.90. The van der Waals surface area contributed by atoms with Crippen molar-refractivity contribution in [3.63, 3.8) is 0 Å². The molecule has 9 nitrogen and oxygen atoms in total. The van der Waals surface area contributed by atoms with Crippen molar-refractivity contribution < 1.29 is 24.2 Å². The summed E-state index contributed by atoms with van der Waals surface area (Å²) in [4.78, 5) is 38.3. The molecular formula is C26H26N4O5. The maximum atomic E-state index is 12.8. The molecule has 2 aliphatic rings. The van der Waals surface area contributed by atoms with Crippen LogP contribution in [0.5, 0.6) is 0 Å². The molecule has 0 unspecified atom stereocenters. The number of hydrogen-bond acceptors (Lipinski definition) is 5. The fourth-order valence-electron chi connectivity index (χ4n) is 4.82. The highest BCUT2D eigenvalue weighted by Gasteiger charge is 2.38. The smallest absolute Gasteiger partial charge is 0.412 e. The van der Waals surface area contributed by atoms with Crippen LogP contribution < -0.4 is 5.32 Å². The summed E-state index contributed by atoms with van der Waals surface area (Å²) in [5.74, 6) is -1.01. The van der Waals surface area contributed by atoms with Crippen molar-refractivity contribution in [3.05, 3.63) is 71.4 Å². The maximum absolute atomic E-state index is 12.8. The Bertz CT molecular complexity index is 1250. The number of likely N-dealkylation sites (tertiary alicyclic amines) is 1. The molecule has 1 aliphatic heterocycles. The number of benzene rings is 2. The Kier molecular flexibility index (Phi) is 5.76. The molecule has 3 aromatic rings. The van der Waals surface area contributed by atoms with Gasteiger partial charge < -0.3 is 14.7 Å². The first-order valence-corrected chi connectivity index (χ1v) is 11.6. The van der Waals surface area contributed by atoms with E-state index in [4.69, 9.17) is 4.74 Å². The van der Waals surface area contributed by atoms with Gasteiger partial charge in [-0.05, 0) is 42.0 Å². The van der Waals surface area contributed by atoms with E-state index in [1.807, 2.05) is 36.4 Å². The first-order chi connectivity index (χ1) is 16.9. The summed E-state index contributed by atoms with van der Waals surface area (Å²) < 4.78 is 5.52. The molecule has 0 saturated carbocycles. The molecule has 35 heavy (non-hydrogen) atoms. The second-order valence-corrected chi connectivity index (χ2v) is 9.28. The van der Waals surface area contributed by atoms with Crippen LogP contribution in [0.15, 0.2) is 54.6 Å². The number of amides is 2. The molecule has 2 amide bonds. The topological polar surface area (TPSA) is 125 Å². The Morgan fingerprint density at radius 2 is 1.69 bits per heavy atom. The minimum Gasteiger partial charge on any atom is -0.481 e. The summed E-state index contributed by atoms with van der Waals surface area (Å²) in [7, 11) is 0. The number of carboxylic acids is 1. The number of rotatable bonds is 5. The van der Waals surface area contributed by atoms with Gasteiger partial charge in [-0.2, -0.15) is 5.10 Å². The van der Waals surface area contributed by atoms with Crippen molar-refractivity contribution in [1.29, 1.82) is 0 Å². The van der Waals surface area contributed by atoms with Crippen LogP contribution >= 0.6 is 0 Å². The van der Waals surface area contributed by atoms with Gasteiger partial charge in [-0.1, -0.05) is 48.5 Å². The molecule has 9 heteroatoms. The maximum Gasteiger partial charge on any atom is 0.412 e. The van der Waals surface area contributed by atoms with Gasteiger partial charge in [0.15, 0.2) is 5.82 Å². The van der Waals surface area contributed by atoms with Crippen LogP contribution in [0.1, 0.15) is 47.3 Å². The number of carbonyl (C=O) groups is 3. The SMILES string of the molecule is CC1(C(=O)O)CCN(C(=O)c2cc(NC(=O)OCC3c4ccccc4-c4ccccc43)n[nH]2)CC1. The number of H-pyrrole nitrogens is 1. The molecule has 180 valence electrons. The molecular weight excluding hydrogens is 448 g/mol. The van der Waals surface area contributed by atoms with E-state index < -0.39 is 17.5 Å². The second-order valence-electron chi connectivity index (χ2n) is 9.28. The van der Waals surface area contributed by atoms with Gasteiger partial charge in [-0.25, -0.2) is 4.79 Å². The summed E-state index contributed by atoms with van der Waals surface area (Å²) in [6, 6.07) is 17.6. The molecule has 1 saturated heterocycles. The van der Waals surface area contributed by atoms with Crippen LogP contribution in [0, 0.1) is 5.41 Å². The Balaban J connectivity index is 1.18. The molecule has 0 atom stereocenters. The molecule has 0 bridgehead atoms. The number of aliphatic carboxylic acids is 1. The highest BCUT2D eigenvalue weighted by molar-refractivity contribution is 5.94. The van der Waals surface area contributed by atoms with E-state index in [1.54, 1.807) is 11.8 Å². The lowest BCUT2D eigenvalue weighted by Crippen LogP contribution is -2.45. The Hall–Kier alpha value is -4.14. The third-order valence-electron chi connectivity index (χ3n) is 7.05. The Morgan fingerprint density at radius 3 is 2.29 bits per heavy atom. The zero-order valence-corrected chi connectivity index (χ0v) is 19.3. The van der Waals surface area contributed by atoms with Gasteiger partial charge in [0.25, 0.3) is 5.91 Å². The normalized spacial score (nSPS) is 16.3. The van der Waals surface area contributed by atoms with Crippen molar-refractivity contribution in [2.75, 3.05) is 25.0 Å². The molecule has 1 fully saturated rings. The first kappa shape index (κ1) is 22.6. The number of hydrogen-bond donors (Lipinski definition) is 3. The molecule has 5 rings (SSSR count). The third-order valence-corrected chi connectivity index (χ3v) is 7.05. The zero-order chi connectivity index (χ0) is 24.6. The molecule has 2 heterocycles. The van der Waals surface area contributed by atoms with Crippen LogP contribution in [0.2, 0.25) is 0 Å².